The molecule has 0 aromatic carbocycles. The predicted octanol–water partition coefficient (Wildman–Crippen LogP) is 0.898. The molecule has 0 aliphatic heterocycles. The molecule has 2 amide bonds. The number of primary amides is 1. The maximum atomic E-state index is 10.3. The first-order valence-electron chi connectivity index (χ1n) is 3.35. The molecule has 5 heteroatoms. The van der Waals surface area contributed by atoms with E-state index in [0.717, 1.165) is 5.56 Å². The maximum absolute atomic E-state index is 10.3. The lowest BCUT2D eigenvalue weighted by atomic mass is 10.3. The molecule has 3 N–H and O–H groups in total. The maximum Gasteiger partial charge on any atom is 0.322 e. The molecule has 0 radical (unpaired) electrons. The van der Waals surface area contributed by atoms with Gasteiger partial charge in [0.15, 0.2) is 0 Å². The van der Waals surface area contributed by atoms with Crippen LogP contribution in [-0.4, -0.2) is 11.0 Å². The third-order valence-corrected chi connectivity index (χ3v) is 1.96. The van der Waals surface area contributed by atoms with Crippen LogP contribution in [0, 0.1) is 0 Å². The molecular weight excluding hydrogens is 174 g/mol. The van der Waals surface area contributed by atoms with Crippen LogP contribution in [0.25, 0.3) is 0 Å². The molecule has 64 valence electrons. The van der Waals surface area contributed by atoms with Crippen LogP contribution in [-0.2, 0) is 5.75 Å². The van der Waals surface area contributed by atoms with Crippen LogP contribution in [0.4, 0.5) is 4.79 Å². The molecule has 0 fully saturated rings. The van der Waals surface area contributed by atoms with E-state index in [9.17, 15) is 4.79 Å². The largest absolute Gasteiger partial charge is 0.351 e. The summed E-state index contributed by atoms with van der Waals surface area (Å²) < 4.78 is 2.42. The molecule has 1 aromatic heterocycles. The summed E-state index contributed by atoms with van der Waals surface area (Å²) in [5.41, 5.74) is 5.92. The van der Waals surface area contributed by atoms with Crippen molar-refractivity contribution in [3.8, 4) is 0 Å². The van der Waals surface area contributed by atoms with Gasteiger partial charge in [0, 0.05) is 18.1 Å². The first-order valence-corrected chi connectivity index (χ1v) is 4.34. The molecule has 12 heavy (non-hydrogen) atoms. The van der Waals surface area contributed by atoms with Gasteiger partial charge in [-0.3, -0.25) is 9.71 Å². The van der Waals surface area contributed by atoms with E-state index in [1.165, 1.54) is 11.9 Å². The van der Waals surface area contributed by atoms with E-state index in [4.69, 9.17) is 5.73 Å². The number of amides is 2. The van der Waals surface area contributed by atoms with Gasteiger partial charge in [-0.1, -0.05) is 6.07 Å². The Morgan fingerprint density at radius 2 is 2.58 bits per heavy atom. The molecule has 0 spiro atoms. The molecule has 0 saturated carbocycles. The minimum absolute atomic E-state index is 0.524. The SMILES string of the molecule is NC(=O)NSCc1cccnc1. The van der Waals surface area contributed by atoms with Crippen molar-refractivity contribution in [2.45, 2.75) is 5.75 Å². The van der Waals surface area contributed by atoms with E-state index in [1.807, 2.05) is 12.1 Å². The van der Waals surface area contributed by atoms with Gasteiger partial charge in [-0.2, -0.15) is 0 Å². The summed E-state index contributed by atoms with van der Waals surface area (Å²) in [5, 5.41) is 0. The van der Waals surface area contributed by atoms with Crippen LogP contribution in [0.2, 0.25) is 0 Å². The van der Waals surface area contributed by atoms with Crippen molar-refractivity contribution < 1.29 is 4.79 Å². The minimum atomic E-state index is -0.524. The van der Waals surface area contributed by atoms with E-state index in [-0.39, 0.29) is 0 Å². The summed E-state index contributed by atoms with van der Waals surface area (Å²) in [4.78, 5) is 14.2. The first-order chi connectivity index (χ1) is 5.79. The van der Waals surface area contributed by atoms with E-state index in [2.05, 4.69) is 9.71 Å². The number of pyridine rings is 1. The minimum Gasteiger partial charge on any atom is -0.351 e. The molecule has 0 aliphatic rings. The number of carbonyl (C=O) groups is 1. The van der Waals surface area contributed by atoms with Gasteiger partial charge in [0.1, 0.15) is 0 Å². The fraction of sp³-hybridized carbons (Fsp3) is 0.143. The number of rotatable bonds is 3. The zero-order valence-electron chi connectivity index (χ0n) is 6.36. The Bertz CT molecular complexity index is 252. The summed E-state index contributed by atoms with van der Waals surface area (Å²) in [7, 11) is 0. The van der Waals surface area contributed by atoms with Crippen LogP contribution in [0.5, 0.6) is 0 Å². The van der Waals surface area contributed by atoms with Crippen molar-refractivity contribution in [2.75, 3.05) is 0 Å². The Kier molecular flexibility index (Phi) is 3.40. The Morgan fingerprint density at radius 1 is 1.75 bits per heavy atom. The smallest absolute Gasteiger partial charge is 0.322 e. The van der Waals surface area contributed by atoms with Gasteiger partial charge in [-0.05, 0) is 23.6 Å². The number of hydrogen-bond acceptors (Lipinski definition) is 3. The van der Waals surface area contributed by atoms with E-state index in [1.54, 1.807) is 12.4 Å². The van der Waals surface area contributed by atoms with Crippen molar-refractivity contribution in [1.29, 1.82) is 0 Å². The van der Waals surface area contributed by atoms with Gasteiger partial charge in [-0.25, -0.2) is 4.79 Å². The third-order valence-electron chi connectivity index (χ3n) is 1.13. The van der Waals surface area contributed by atoms with Gasteiger partial charge in [0.2, 0.25) is 0 Å². The van der Waals surface area contributed by atoms with Crippen molar-refractivity contribution in [3.63, 3.8) is 0 Å². The second-order valence-corrected chi connectivity index (χ2v) is 2.90. The topological polar surface area (TPSA) is 68.0 Å². The number of nitrogens with zero attached hydrogens (tertiary/aromatic N) is 1. The first kappa shape index (κ1) is 8.86. The summed E-state index contributed by atoms with van der Waals surface area (Å²) in [6, 6.07) is 3.26. The Balaban J connectivity index is 2.29. The Morgan fingerprint density at radius 3 is 3.17 bits per heavy atom. The standard InChI is InChI=1S/C7H9N3OS/c8-7(11)10-12-5-6-2-1-3-9-4-6/h1-4H,5H2,(H3,8,10,11). The van der Waals surface area contributed by atoms with Crippen molar-refractivity contribution >= 4 is 18.0 Å². The monoisotopic (exact) mass is 183 g/mol. The van der Waals surface area contributed by atoms with Gasteiger partial charge < -0.3 is 5.73 Å². The highest BCUT2D eigenvalue weighted by molar-refractivity contribution is 7.97. The Hall–Kier alpha value is -1.23. The zero-order valence-corrected chi connectivity index (χ0v) is 7.17. The normalized spacial score (nSPS) is 9.33. The van der Waals surface area contributed by atoms with Crippen molar-refractivity contribution in [3.05, 3.63) is 30.1 Å². The van der Waals surface area contributed by atoms with Gasteiger partial charge in [0.25, 0.3) is 0 Å². The number of carbonyl (C=O) groups excluding carboxylic acids is 1. The lowest BCUT2D eigenvalue weighted by molar-refractivity contribution is 0.254. The second-order valence-electron chi connectivity index (χ2n) is 2.12. The molecule has 0 unspecified atom stereocenters. The second kappa shape index (κ2) is 4.61. The molecule has 1 heterocycles. The van der Waals surface area contributed by atoms with Crippen LogP contribution >= 0.6 is 11.9 Å². The highest BCUT2D eigenvalue weighted by atomic mass is 32.2. The van der Waals surface area contributed by atoms with Gasteiger partial charge in [0.05, 0.1) is 0 Å². The Labute approximate surface area is 74.7 Å². The summed E-state index contributed by atoms with van der Waals surface area (Å²) >= 11 is 1.25. The molecule has 1 rings (SSSR count). The number of nitrogens with two attached hydrogens (primary N) is 1. The highest BCUT2D eigenvalue weighted by Crippen LogP contribution is 2.05. The zero-order chi connectivity index (χ0) is 8.81. The molecule has 0 atom stereocenters. The molecular formula is C7H9N3OS. The number of aromatic nitrogens is 1. The number of hydrogen-bond donors (Lipinski definition) is 2. The van der Waals surface area contributed by atoms with Crippen LogP contribution < -0.4 is 10.5 Å². The van der Waals surface area contributed by atoms with Gasteiger partial charge >= 0.3 is 6.03 Å². The van der Waals surface area contributed by atoms with Gasteiger partial charge in [-0.15, -0.1) is 0 Å². The lowest BCUT2D eigenvalue weighted by Gasteiger charge is -1.99. The molecule has 1 aromatic rings. The van der Waals surface area contributed by atoms with Crippen LogP contribution in [0.1, 0.15) is 5.56 Å². The highest BCUT2D eigenvalue weighted by Gasteiger charge is 1.93. The molecule has 0 saturated heterocycles. The van der Waals surface area contributed by atoms with Crippen molar-refractivity contribution in [1.82, 2.24) is 9.71 Å². The molecule has 4 nitrogen and oxygen atoms in total. The summed E-state index contributed by atoms with van der Waals surface area (Å²) in [5.74, 6) is 0.677. The average molecular weight is 183 g/mol. The summed E-state index contributed by atoms with van der Waals surface area (Å²) in [6.07, 6.45) is 3.45. The lowest BCUT2D eigenvalue weighted by Crippen LogP contribution is -2.22. The average Bonchev–Trinajstić information content (AvgIpc) is 2.05. The summed E-state index contributed by atoms with van der Waals surface area (Å²) in [6.45, 7) is 0. The van der Waals surface area contributed by atoms with E-state index in [0.29, 0.717) is 5.75 Å². The van der Waals surface area contributed by atoms with E-state index < -0.39 is 6.03 Å². The predicted molar refractivity (Wildman–Crippen MR) is 48.3 cm³/mol. The molecule has 0 bridgehead atoms. The third kappa shape index (κ3) is 3.25. The number of nitrogens with one attached hydrogen (secondary N) is 1. The van der Waals surface area contributed by atoms with Crippen LogP contribution in [0.3, 0.4) is 0 Å². The fourth-order valence-corrected chi connectivity index (χ4v) is 1.23. The molecule has 0 aliphatic carbocycles. The number of urea groups is 1. The van der Waals surface area contributed by atoms with Crippen LogP contribution in [0.15, 0.2) is 24.5 Å². The fourth-order valence-electron chi connectivity index (χ4n) is 0.674. The van der Waals surface area contributed by atoms with Crippen molar-refractivity contribution in [2.24, 2.45) is 5.73 Å². The quantitative estimate of drug-likeness (QED) is 0.684. The van der Waals surface area contributed by atoms with E-state index >= 15 is 0 Å².